The van der Waals surface area contributed by atoms with Crippen LogP contribution in [0.4, 0.5) is 20.5 Å². The molecule has 2 aromatic heterocycles. The van der Waals surface area contributed by atoms with E-state index in [9.17, 15) is 18.9 Å². The van der Waals surface area contributed by atoms with Gasteiger partial charge < -0.3 is 30.2 Å². The smallest absolute Gasteiger partial charge is 0.459 e. The third kappa shape index (κ3) is 5.86. The van der Waals surface area contributed by atoms with Crippen LogP contribution in [0, 0.1) is 0 Å². The number of hydrogen-bond donors (Lipinski definition) is 4. The summed E-state index contributed by atoms with van der Waals surface area (Å²) in [5.74, 6) is -0.520. The van der Waals surface area contributed by atoms with Crippen molar-refractivity contribution in [2.24, 2.45) is 0 Å². The van der Waals surface area contributed by atoms with Gasteiger partial charge in [-0.3, -0.25) is 13.9 Å². The summed E-state index contributed by atoms with van der Waals surface area (Å²) >= 11 is 0. The lowest BCUT2D eigenvalue weighted by Gasteiger charge is -2.26. The summed E-state index contributed by atoms with van der Waals surface area (Å²) in [5, 5.41) is 16.0. The number of nitrogens with one attached hydrogen (secondary N) is 2. The van der Waals surface area contributed by atoms with Gasteiger partial charge in [0.05, 0.1) is 19.5 Å². The molecule has 17 heteroatoms. The van der Waals surface area contributed by atoms with Gasteiger partial charge in [-0.15, -0.1) is 0 Å². The number of nitrogens with zero attached hydrogens (tertiary/aromatic N) is 4. The lowest BCUT2D eigenvalue weighted by molar-refractivity contribution is -0.144. The normalized spacial score (nSPS) is 24.9. The fraction of sp³-hybridized carbons (Fsp3) is 0.478. The predicted octanol–water partition coefficient (Wildman–Crippen LogP) is 2.13. The Balaban J connectivity index is 1.59. The van der Waals surface area contributed by atoms with Crippen molar-refractivity contribution in [1.82, 2.24) is 24.6 Å². The van der Waals surface area contributed by atoms with Crippen LogP contribution >= 0.6 is 7.75 Å². The lowest BCUT2D eigenvalue weighted by atomic mass is 9.97. The van der Waals surface area contributed by atoms with Crippen LogP contribution in [-0.4, -0.2) is 81.4 Å². The number of aliphatic hydroxyl groups is 1. The van der Waals surface area contributed by atoms with E-state index in [0.717, 1.165) is 10.9 Å². The maximum Gasteiger partial charge on any atom is 0.459 e. The van der Waals surface area contributed by atoms with Crippen LogP contribution in [0.25, 0.3) is 11.2 Å². The average Bonchev–Trinajstić information content (AvgIpc) is 3.46. The number of para-hydroxylation sites is 1. The molecule has 0 saturated carbocycles. The highest BCUT2D eigenvalue weighted by molar-refractivity contribution is 7.52. The number of aromatic nitrogens is 4. The van der Waals surface area contributed by atoms with Gasteiger partial charge in [0.25, 0.3) is 0 Å². The van der Waals surface area contributed by atoms with Gasteiger partial charge >= 0.3 is 13.7 Å². The zero-order valence-corrected chi connectivity index (χ0v) is 22.8. The van der Waals surface area contributed by atoms with E-state index in [1.54, 1.807) is 32.2 Å². The van der Waals surface area contributed by atoms with Crippen molar-refractivity contribution in [3.05, 3.63) is 36.7 Å². The van der Waals surface area contributed by atoms with Crippen molar-refractivity contribution in [2.45, 2.75) is 44.0 Å². The van der Waals surface area contributed by atoms with Crippen LogP contribution in [0.3, 0.4) is 0 Å². The van der Waals surface area contributed by atoms with Crippen molar-refractivity contribution in [1.29, 1.82) is 0 Å². The summed E-state index contributed by atoms with van der Waals surface area (Å²) in [7, 11) is -2.80. The van der Waals surface area contributed by atoms with Crippen LogP contribution in [0.15, 0.2) is 36.7 Å². The molecule has 0 radical (unpaired) electrons. The number of rotatable bonds is 12. The number of halogens is 2. The molecule has 1 aliphatic heterocycles. The third-order valence-electron chi connectivity index (χ3n) is 6.06. The number of anilines is 2. The molecule has 218 valence electrons. The molecule has 4 rings (SSSR count). The Labute approximate surface area is 227 Å². The number of aliphatic hydroxyl groups excluding tert-OH is 1. The van der Waals surface area contributed by atoms with E-state index >= 15 is 4.39 Å². The molecule has 0 spiro atoms. The Morgan fingerprint density at radius 1 is 1.35 bits per heavy atom. The molecule has 40 heavy (non-hydrogen) atoms. The van der Waals surface area contributed by atoms with Crippen LogP contribution in [-0.2, 0) is 23.4 Å². The number of alkyl halides is 2. The molecule has 1 fully saturated rings. The molecule has 14 nitrogen and oxygen atoms in total. The molecule has 3 aromatic rings. The van der Waals surface area contributed by atoms with E-state index in [1.165, 1.54) is 19.1 Å². The highest BCUT2D eigenvalue weighted by Gasteiger charge is 2.59. The van der Waals surface area contributed by atoms with E-state index in [4.69, 9.17) is 24.3 Å². The minimum absolute atomic E-state index is 0.0223. The molecule has 6 atom stereocenters. The first-order valence-electron chi connectivity index (χ1n) is 12.2. The Kier molecular flexibility index (Phi) is 8.85. The second-order valence-corrected chi connectivity index (χ2v) is 10.5. The number of imidazole rings is 1. The number of carbonyl (C=O) groups excluding carboxylic acids is 1. The first kappa shape index (κ1) is 29.6. The molecule has 1 aliphatic rings. The van der Waals surface area contributed by atoms with E-state index < -0.39 is 57.1 Å². The number of nitrogen functional groups attached to an aromatic ring is 1. The van der Waals surface area contributed by atoms with E-state index in [1.807, 2.05) is 0 Å². The Hall–Kier alpha value is -3.43. The van der Waals surface area contributed by atoms with Crippen LogP contribution in [0.5, 0.6) is 5.75 Å². The average molecular weight is 586 g/mol. The van der Waals surface area contributed by atoms with Crippen molar-refractivity contribution in [3.63, 3.8) is 0 Å². The van der Waals surface area contributed by atoms with Crippen molar-refractivity contribution < 1.29 is 41.8 Å². The van der Waals surface area contributed by atoms with Gasteiger partial charge in [0, 0.05) is 7.05 Å². The monoisotopic (exact) mass is 585 g/mol. The van der Waals surface area contributed by atoms with Crippen molar-refractivity contribution in [2.75, 3.05) is 38.0 Å². The maximum atomic E-state index is 16.0. The summed E-state index contributed by atoms with van der Waals surface area (Å²) in [6.45, 7) is 0.697. The number of hydrogen-bond acceptors (Lipinski definition) is 12. The number of nitrogens with two attached hydrogens (primary N) is 1. The molecule has 5 N–H and O–H groups in total. The summed E-state index contributed by atoms with van der Waals surface area (Å²) < 4.78 is 66.5. The van der Waals surface area contributed by atoms with Gasteiger partial charge in [0.1, 0.15) is 30.7 Å². The second-order valence-electron chi connectivity index (χ2n) is 8.84. The van der Waals surface area contributed by atoms with E-state index in [2.05, 4.69) is 25.4 Å². The van der Waals surface area contributed by atoms with E-state index in [0.29, 0.717) is 0 Å². The molecule has 0 amide bonds. The standard InChI is InChI=1S/C23H30F2N7O7P/c1-4-36-20(34)13(2)31-40(35,39-14-8-6-5-7-9-14)37-10-15-17(33)23(25,11-24)21(38-15)32-12-28-16-18(27-3)29-22(26)30-19(16)32/h5-9,12-13,15,17,21,33H,4,10-11H2,1-3H3,(H,31,35)(H3,26,27,29,30)/t13-,15+,17+,21+,23+,40?/m0/s1. The molecular weight excluding hydrogens is 555 g/mol. The summed E-state index contributed by atoms with van der Waals surface area (Å²) in [6.07, 6.45) is -4.21. The SMILES string of the molecule is CCOC(=O)[C@H](C)NP(=O)(OC[C@H]1O[C@@H](n2cnc3c(NC)nc(N)nc32)[C@@](F)(CF)[C@@H]1O)Oc1ccccc1. The van der Waals surface area contributed by atoms with Crippen molar-refractivity contribution >= 4 is 36.6 Å². The Morgan fingerprint density at radius 3 is 2.73 bits per heavy atom. The van der Waals surface area contributed by atoms with Crippen molar-refractivity contribution in [3.8, 4) is 5.75 Å². The molecule has 1 aromatic carbocycles. The maximum absolute atomic E-state index is 16.0. The lowest BCUT2D eigenvalue weighted by Crippen LogP contribution is -2.45. The molecule has 1 saturated heterocycles. The number of benzene rings is 1. The summed E-state index contributed by atoms with van der Waals surface area (Å²) in [4.78, 5) is 24.4. The highest BCUT2D eigenvalue weighted by atomic mass is 31.2. The van der Waals surface area contributed by atoms with Gasteiger partial charge in [-0.25, -0.2) is 18.3 Å². The first-order chi connectivity index (χ1) is 19.0. The molecule has 0 bridgehead atoms. The molecule has 0 aliphatic carbocycles. The third-order valence-corrected chi connectivity index (χ3v) is 7.70. The molecular formula is C23H30F2N7O7P. The van der Waals surface area contributed by atoms with Gasteiger partial charge in [-0.1, -0.05) is 18.2 Å². The zero-order valence-electron chi connectivity index (χ0n) is 21.9. The molecule has 3 heterocycles. The fourth-order valence-electron chi connectivity index (χ4n) is 4.10. The largest absolute Gasteiger partial charge is 0.465 e. The summed E-state index contributed by atoms with van der Waals surface area (Å²) in [5.41, 5.74) is 3.00. The topological polar surface area (TPSA) is 185 Å². The molecule has 1 unspecified atom stereocenters. The number of fused-ring (bicyclic) bond motifs is 1. The van der Waals surface area contributed by atoms with Crippen LogP contribution < -0.4 is 20.7 Å². The Morgan fingerprint density at radius 2 is 2.08 bits per heavy atom. The van der Waals surface area contributed by atoms with Gasteiger partial charge in [-0.2, -0.15) is 15.1 Å². The quantitative estimate of drug-likeness (QED) is 0.179. The zero-order chi connectivity index (χ0) is 29.1. The van der Waals surface area contributed by atoms with Gasteiger partial charge in [-0.05, 0) is 26.0 Å². The second kappa shape index (κ2) is 12.0. The predicted molar refractivity (Wildman–Crippen MR) is 139 cm³/mol. The number of esters is 1. The number of ether oxygens (including phenoxy) is 2. The van der Waals surface area contributed by atoms with E-state index in [-0.39, 0.29) is 35.3 Å². The number of carbonyl (C=O) groups is 1. The van der Waals surface area contributed by atoms with Gasteiger partial charge in [0.2, 0.25) is 11.6 Å². The fourth-order valence-corrected chi connectivity index (χ4v) is 5.60. The Bertz CT molecular complexity index is 1380. The van der Waals surface area contributed by atoms with Crippen LogP contribution in [0.1, 0.15) is 20.1 Å². The summed E-state index contributed by atoms with van der Waals surface area (Å²) in [6, 6.07) is 6.80. The minimum Gasteiger partial charge on any atom is -0.465 e. The van der Waals surface area contributed by atoms with Gasteiger partial charge in [0.15, 0.2) is 23.2 Å². The first-order valence-corrected chi connectivity index (χ1v) is 13.8. The minimum atomic E-state index is -4.36. The highest BCUT2D eigenvalue weighted by Crippen LogP contribution is 2.48. The van der Waals surface area contributed by atoms with Crippen LogP contribution in [0.2, 0.25) is 0 Å².